The lowest BCUT2D eigenvalue weighted by molar-refractivity contribution is 0.0169. The molecule has 3 heteroatoms. The highest BCUT2D eigenvalue weighted by Crippen LogP contribution is 2.37. The van der Waals surface area contributed by atoms with Crippen molar-refractivity contribution >= 4 is 8.32 Å². The van der Waals surface area contributed by atoms with Crippen LogP contribution in [0.1, 0.15) is 34.6 Å². The van der Waals surface area contributed by atoms with Crippen LogP contribution in [-0.4, -0.2) is 25.6 Å². The molecule has 0 aromatic carbocycles. The average molecular weight is 244 g/mol. The highest BCUT2D eigenvalue weighted by atomic mass is 28.4. The molecule has 0 aromatic rings. The fourth-order valence-electron chi connectivity index (χ4n) is 1.28. The topological polar surface area (TPSA) is 29.5 Å². The van der Waals surface area contributed by atoms with Gasteiger partial charge in [-0.05, 0) is 25.1 Å². The maximum absolute atomic E-state index is 10.0. The molecule has 0 aliphatic rings. The van der Waals surface area contributed by atoms with Crippen LogP contribution in [0.15, 0.2) is 12.7 Å². The molecule has 0 saturated heterocycles. The van der Waals surface area contributed by atoms with Crippen molar-refractivity contribution in [1.82, 2.24) is 0 Å². The maximum Gasteiger partial charge on any atom is 0.192 e. The number of rotatable bonds is 5. The fourth-order valence-corrected chi connectivity index (χ4v) is 2.70. The smallest absolute Gasteiger partial charge is 0.192 e. The Morgan fingerprint density at radius 1 is 1.25 bits per heavy atom. The molecule has 0 aliphatic carbocycles. The van der Waals surface area contributed by atoms with Crippen molar-refractivity contribution in [3.63, 3.8) is 0 Å². The third-order valence-corrected chi connectivity index (χ3v) is 8.25. The van der Waals surface area contributed by atoms with Crippen molar-refractivity contribution in [3.05, 3.63) is 12.7 Å². The van der Waals surface area contributed by atoms with Crippen LogP contribution in [0.3, 0.4) is 0 Å². The van der Waals surface area contributed by atoms with Crippen molar-refractivity contribution in [1.29, 1.82) is 0 Å². The SMILES string of the molecule is C=C[C@H](C)[C@H](O)[C@H](C)O[Si](C)(C)C(C)(C)C. The van der Waals surface area contributed by atoms with Gasteiger partial charge in [0.25, 0.3) is 0 Å². The molecule has 0 heterocycles. The first-order chi connectivity index (χ1) is 7.03. The quantitative estimate of drug-likeness (QED) is 0.592. The van der Waals surface area contributed by atoms with Gasteiger partial charge in [-0.1, -0.05) is 33.8 Å². The second-order valence-electron chi connectivity index (χ2n) is 6.17. The second-order valence-corrected chi connectivity index (χ2v) is 10.9. The summed E-state index contributed by atoms with van der Waals surface area (Å²) in [6.07, 6.45) is 1.18. The Morgan fingerprint density at radius 3 is 2.00 bits per heavy atom. The van der Waals surface area contributed by atoms with Crippen LogP contribution < -0.4 is 0 Å². The number of aliphatic hydroxyl groups excluding tert-OH is 1. The third kappa shape index (κ3) is 4.04. The van der Waals surface area contributed by atoms with Crippen molar-refractivity contribution in [2.45, 2.75) is 65.0 Å². The molecule has 0 saturated carbocycles. The number of hydrogen-bond donors (Lipinski definition) is 1. The number of hydrogen-bond acceptors (Lipinski definition) is 2. The molecule has 3 atom stereocenters. The van der Waals surface area contributed by atoms with Gasteiger partial charge in [0.2, 0.25) is 0 Å². The fraction of sp³-hybridized carbons (Fsp3) is 0.846. The Balaban J connectivity index is 4.56. The highest BCUT2D eigenvalue weighted by Gasteiger charge is 2.39. The molecule has 0 rings (SSSR count). The Morgan fingerprint density at radius 2 is 1.69 bits per heavy atom. The van der Waals surface area contributed by atoms with Gasteiger partial charge in [0.1, 0.15) is 0 Å². The molecule has 0 fully saturated rings. The van der Waals surface area contributed by atoms with Crippen LogP contribution in [0.25, 0.3) is 0 Å². The van der Waals surface area contributed by atoms with E-state index in [2.05, 4.69) is 40.4 Å². The normalized spacial score (nSPS) is 19.0. The zero-order chi connectivity index (χ0) is 13.1. The lowest BCUT2D eigenvalue weighted by Gasteiger charge is -2.40. The molecule has 0 radical (unpaired) electrons. The summed E-state index contributed by atoms with van der Waals surface area (Å²) in [5.74, 6) is 0.0692. The van der Waals surface area contributed by atoms with Gasteiger partial charge in [-0.15, -0.1) is 6.58 Å². The van der Waals surface area contributed by atoms with Gasteiger partial charge in [-0.3, -0.25) is 0 Å². The molecule has 16 heavy (non-hydrogen) atoms. The summed E-state index contributed by atoms with van der Waals surface area (Å²) in [5, 5.41) is 10.2. The Hall–Kier alpha value is -0.123. The molecule has 2 nitrogen and oxygen atoms in total. The molecule has 0 amide bonds. The molecule has 0 aromatic heterocycles. The highest BCUT2D eigenvalue weighted by molar-refractivity contribution is 6.74. The van der Waals surface area contributed by atoms with Crippen LogP contribution >= 0.6 is 0 Å². The van der Waals surface area contributed by atoms with Gasteiger partial charge in [0.15, 0.2) is 8.32 Å². The van der Waals surface area contributed by atoms with E-state index in [1.165, 1.54) is 0 Å². The molecule has 0 unspecified atom stereocenters. The first kappa shape index (κ1) is 15.9. The average Bonchev–Trinajstić information content (AvgIpc) is 2.12. The zero-order valence-corrected chi connectivity index (χ0v) is 12.9. The van der Waals surface area contributed by atoms with E-state index in [9.17, 15) is 5.11 Å². The van der Waals surface area contributed by atoms with E-state index in [-0.39, 0.29) is 17.1 Å². The van der Waals surface area contributed by atoms with Gasteiger partial charge < -0.3 is 9.53 Å². The monoisotopic (exact) mass is 244 g/mol. The van der Waals surface area contributed by atoms with Crippen LogP contribution in [0.5, 0.6) is 0 Å². The standard InChI is InChI=1S/C13H28O2Si/c1-9-10(2)12(14)11(3)15-16(7,8)13(4,5)6/h9-12,14H,1H2,2-8H3/t10-,11-,12-/m0/s1. The van der Waals surface area contributed by atoms with Crippen molar-refractivity contribution in [2.24, 2.45) is 5.92 Å². The van der Waals surface area contributed by atoms with E-state index in [0.717, 1.165) is 0 Å². The minimum absolute atomic E-state index is 0.0692. The molecular weight excluding hydrogens is 216 g/mol. The zero-order valence-electron chi connectivity index (χ0n) is 11.9. The molecule has 0 aliphatic heterocycles. The lowest BCUT2D eigenvalue weighted by Crippen LogP contribution is -2.47. The first-order valence-electron chi connectivity index (χ1n) is 6.01. The predicted octanol–water partition coefficient (Wildman–Crippen LogP) is 3.58. The van der Waals surface area contributed by atoms with Crippen molar-refractivity contribution in [2.75, 3.05) is 0 Å². The predicted molar refractivity (Wildman–Crippen MR) is 73.1 cm³/mol. The molecule has 1 N–H and O–H groups in total. The van der Waals surface area contributed by atoms with Gasteiger partial charge >= 0.3 is 0 Å². The van der Waals surface area contributed by atoms with Crippen molar-refractivity contribution in [3.8, 4) is 0 Å². The largest absolute Gasteiger partial charge is 0.412 e. The lowest BCUT2D eigenvalue weighted by atomic mass is 10.0. The third-order valence-electron chi connectivity index (χ3n) is 3.68. The van der Waals surface area contributed by atoms with Crippen LogP contribution in [0.4, 0.5) is 0 Å². The summed E-state index contributed by atoms with van der Waals surface area (Å²) in [6.45, 7) is 18.6. The van der Waals surface area contributed by atoms with Crippen LogP contribution in [-0.2, 0) is 4.43 Å². The van der Waals surface area contributed by atoms with E-state index in [4.69, 9.17) is 4.43 Å². The van der Waals surface area contributed by atoms with Gasteiger partial charge in [0.05, 0.1) is 12.2 Å². The van der Waals surface area contributed by atoms with Crippen LogP contribution in [0, 0.1) is 5.92 Å². The summed E-state index contributed by atoms with van der Waals surface area (Å²) < 4.78 is 6.13. The minimum atomic E-state index is -1.78. The minimum Gasteiger partial charge on any atom is -0.412 e. The number of aliphatic hydroxyl groups is 1. The van der Waals surface area contributed by atoms with Gasteiger partial charge in [-0.25, -0.2) is 0 Å². The van der Waals surface area contributed by atoms with E-state index < -0.39 is 14.4 Å². The van der Waals surface area contributed by atoms with Crippen LogP contribution in [0.2, 0.25) is 18.1 Å². The first-order valence-corrected chi connectivity index (χ1v) is 8.92. The summed E-state index contributed by atoms with van der Waals surface area (Å²) in [7, 11) is -1.78. The summed E-state index contributed by atoms with van der Waals surface area (Å²) >= 11 is 0. The van der Waals surface area contributed by atoms with E-state index in [1.54, 1.807) is 6.08 Å². The van der Waals surface area contributed by atoms with Gasteiger partial charge in [-0.2, -0.15) is 0 Å². The summed E-state index contributed by atoms with van der Waals surface area (Å²) in [5.41, 5.74) is 0. The molecule has 0 bridgehead atoms. The van der Waals surface area contributed by atoms with Crippen molar-refractivity contribution < 1.29 is 9.53 Å². The molecule has 0 spiro atoms. The van der Waals surface area contributed by atoms with E-state index in [0.29, 0.717) is 0 Å². The summed E-state index contributed by atoms with van der Waals surface area (Å²) in [6, 6.07) is 0. The van der Waals surface area contributed by atoms with E-state index >= 15 is 0 Å². The Bertz CT molecular complexity index is 231. The van der Waals surface area contributed by atoms with Gasteiger partial charge in [0, 0.05) is 5.92 Å². The van der Waals surface area contributed by atoms with E-state index in [1.807, 2.05) is 13.8 Å². The Kier molecular flexibility index (Phi) is 5.43. The summed E-state index contributed by atoms with van der Waals surface area (Å²) in [4.78, 5) is 0. The molecule has 96 valence electrons. The Labute approximate surface area is 102 Å². The maximum atomic E-state index is 10.0. The second kappa shape index (κ2) is 5.47. The molecular formula is C13H28O2Si.